The Balaban J connectivity index is 1.07. The molecule has 15 nitrogen and oxygen atoms in total. The molecule has 3 saturated heterocycles. The van der Waals surface area contributed by atoms with Crippen molar-refractivity contribution in [3.63, 3.8) is 0 Å². The fourth-order valence-corrected chi connectivity index (χ4v) is 8.65. The Kier molecular flexibility index (Phi) is 9.44. The third-order valence-corrected chi connectivity index (χ3v) is 11.5. The summed E-state index contributed by atoms with van der Waals surface area (Å²) >= 11 is 0. The monoisotopic (exact) mass is 730 g/mol. The highest BCUT2D eigenvalue weighted by molar-refractivity contribution is 6.32. The zero-order valence-corrected chi connectivity index (χ0v) is 29.3. The maximum absolute atomic E-state index is 13.9. The van der Waals surface area contributed by atoms with Gasteiger partial charge in [-0.2, -0.15) is 0 Å². The molecule has 14 atom stereocenters. The molecule has 0 bridgehead atoms. The van der Waals surface area contributed by atoms with Gasteiger partial charge in [-0.3, -0.25) is 14.4 Å². The number of Topliss-reactive ketones (excluding diaryl/α,β-unsaturated/α-hetero) is 3. The van der Waals surface area contributed by atoms with E-state index < -0.39 is 120 Å². The number of ether oxygens (including phenoxy) is 5. The highest BCUT2D eigenvalue weighted by atomic mass is 16.7. The first kappa shape index (κ1) is 37.4. The number of aliphatic hydroxyl groups is 6. The normalized spacial score (nSPS) is 45.0. The molecule has 15 heteroatoms. The minimum atomic E-state index is -2.79. The molecular formula is C37H46O15. The van der Waals surface area contributed by atoms with Crippen LogP contribution in [0.2, 0.25) is 0 Å². The van der Waals surface area contributed by atoms with Gasteiger partial charge in [0.05, 0.1) is 59.5 Å². The van der Waals surface area contributed by atoms with Gasteiger partial charge in [-0.25, -0.2) is 0 Å². The van der Waals surface area contributed by atoms with E-state index in [1.807, 2.05) is 6.92 Å². The fourth-order valence-electron chi connectivity index (χ4n) is 8.65. The van der Waals surface area contributed by atoms with Gasteiger partial charge < -0.3 is 59.4 Å². The first-order chi connectivity index (χ1) is 24.3. The lowest BCUT2D eigenvalue weighted by Gasteiger charge is -2.51. The largest absolute Gasteiger partial charge is 0.507 e. The minimum absolute atomic E-state index is 0.0389. The summed E-state index contributed by atoms with van der Waals surface area (Å²) in [6.07, 6.45) is -6.22. The smallest absolute Gasteiger partial charge is 0.198 e. The van der Waals surface area contributed by atoms with Gasteiger partial charge in [0.25, 0.3) is 0 Å². The topological polar surface area (TPSA) is 239 Å². The van der Waals surface area contributed by atoms with E-state index >= 15 is 0 Å². The highest BCUT2D eigenvalue weighted by Gasteiger charge is 2.66. The molecule has 0 radical (unpaired) electrons. The van der Waals surface area contributed by atoms with Gasteiger partial charge in [0.1, 0.15) is 23.6 Å². The number of hydrogen-bond acceptors (Lipinski definition) is 15. The lowest BCUT2D eigenvalue weighted by atomic mass is 9.57. The van der Waals surface area contributed by atoms with Gasteiger partial charge in [-0.15, -0.1) is 0 Å². The minimum Gasteiger partial charge on any atom is -0.507 e. The Labute approximate surface area is 299 Å². The first-order valence-electron chi connectivity index (χ1n) is 17.8. The molecule has 3 aliphatic carbocycles. The van der Waals surface area contributed by atoms with E-state index in [1.54, 1.807) is 13.8 Å². The number of carbonyl (C=O) groups is 3. The molecule has 7 N–H and O–H groups in total. The summed E-state index contributed by atoms with van der Waals surface area (Å²) in [6.45, 7) is 6.42. The second kappa shape index (κ2) is 13.1. The molecule has 0 spiro atoms. The van der Waals surface area contributed by atoms with Crippen molar-refractivity contribution in [1.29, 1.82) is 0 Å². The van der Waals surface area contributed by atoms with Crippen LogP contribution in [0.3, 0.4) is 0 Å². The lowest BCUT2D eigenvalue weighted by Crippen LogP contribution is -2.69. The van der Waals surface area contributed by atoms with Gasteiger partial charge in [-0.05, 0) is 46.3 Å². The lowest BCUT2D eigenvalue weighted by molar-refractivity contribution is -0.306. The van der Waals surface area contributed by atoms with Crippen LogP contribution in [0, 0.1) is 0 Å². The third-order valence-electron chi connectivity index (χ3n) is 11.5. The number of benzene rings is 1. The zero-order valence-electron chi connectivity index (χ0n) is 29.3. The Bertz CT molecular complexity index is 1710. The molecule has 3 aliphatic heterocycles. The van der Waals surface area contributed by atoms with Gasteiger partial charge in [0.2, 0.25) is 0 Å². The molecule has 1 aromatic carbocycles. The van der Waals surface area contributed by atoms with E-state index in [9.17, 15) is 50.1 Å². The molecule has 3 heterocycles. The summed E-state index contributed by atoms with van der Waals surface area (Å²) in [7, 11) is 0. The van der Waals surface area contributed by atoms with Crippen LogP contribution in [0.4, 0.5) is 0 Å². The third kappa shape index (κ3) is 6.00. The van der Waals surface area contributed by atoms with Crippen LogP contribution in [0.1, 0.15) is 98.6 Å². The van der Waals surface area contributed by atoms with Crippen LogP contribution < -0.4 is 0 Å². The number of hydrogen-bond donors (Lipinski definition) is 7. The molecule has 4 fully saturated rings. The van der Waals surface area contributed by atoms with Crippen LogP contribution in [0.25, 0.3) is 0 Å². The number of aliphatic hydroxyl groups excluding tert-OH is 3. The average molecular weight is 731 g/mol. The van der Waals surface area contributed by atoms with Crippen LogP contribution in [-0.4, -0.2) is 131 Å². The van der Waals surface area contributed by atoms with Crippen LogP contribution in [0.5, 0.6) is 5.75 Å². The number of phenols is 1. The summed E-state index contributed by atoms with van der Waals surface area (Å²) in [4.78, 5) is 41.1. The van der Waals surface area contributed by atoms with E-state index in [0.29, 0.717) is 12.8 Å². The first-order valence-corrected chi connectivity index (χ1v) is 17.8. The summed E-state index contributed by atoms with van der Waals surface area (Å²) in [5.74, 6) is -3.34. The predicted molar refractivity (Wildman–Crippen MR) is 176 cm³/mol. The van der Waals surface area contributed by atoms with E-state index in [1.165, 1.54) is 19.1 Å². The molecule has 284 valence electrons. The molecule has 6 aliphatic rings. The fraction of sp³-hybridized carbons (Fsp3) is 0.649. The average Bonchev–Trinajstić information content (AvgIpc) is 3.06. The number of rotatable bonds is 5. The summed E-state index contributed by atoms with van der Waals surface area (Å²) in [5, 5.41) is 76.3. The second-order valence-electron chi connectivity index (χ2n) is 15.4. The SMILES string of the molecule is CC1O[C@@H](O[C@H]2CC[C@H](O[C@@H]3C[C@H](c4ccc5c(c4O)C(=O)C4=C(C5=O)[C@@]5(O)C(=O)C[C@](C)(O)C[C@@]5(O)C=C4)OC(C)C3O)OC2C)C[C@@H](O)C1O. The maximum atomic E-state index is 13.9. The summed E-state index contributed by atoms with van der Waals surface area (Å²) < 4.78 is 30.2. The van der Waals surface area contributed by atoms with Crippen molar-refractivity contribution in [2.24, 2.45) is 0 Å². The van der Waals surface area contributed by atoms with E-state index in [0.717, 1.165) is 12.2 Å². The van der Waals surface area contributed by atoms with Gasteiger partial charge >= 0.3 is 0 Å². The number of ketones is 3. The zero-order chi connectivity index (χ0) is 37.7. The van der Waals surface area contributed by atoms with Crippen molar-refractivity contribution < 1.29 is 73.8 Å². The number of carbonyl (C=O) groups excluding carboxylic acids is 3. The van der Waals surface area contributed by atoms with Crippen molar-refractivity contribution >= 4 is 17.3 Å². The molecule has 52 heavy (non-hydrogen) atoms. The van der Waals surface area contributed by atoms with E-state index in [4.69, 9.17) is 23.7 Å². The van der Waals surface area contributed by atoms with Gasteiger partial charge in [-0.1, -0.05) is 12.1 Å². The number of allylic oxidation sites excluding steroid dienone is 2. The Hall–Kier alpha value is -2.93. The maximum Gasteiger partial charge on any atom is 0.198 e. The van der Waals surface area contributed by atoms with Crippen molar-refractivity contribution in [3.8, 4) is 5.75 Å². The van der Waals surface area contributed by atoms with Crippen LogP contribution >= 0.6 is 0 Å². The van der Waals surface area contributed by atoms with Crippen molar-refractivity contribution in [3.05, 3.63) is 52.1 Å². The van der Waals surface area contributed by atoms with Gasteiger partial charge in [0.15, 0.2) is 35.5 Å². The molecule has 5 unspecified atom stereocenters. The van der Waals surface area contributed by atoms with Crippen molar-refractivity contribution in [2.45, 2.75) is 151 Å². The number of aromatic hydroxyl groups is 1. The molecule has 1 saturated carbocycles. The Morgan fingerprint density at radius 1 is 0.808 bits per heavy atom. The summed E-state index contributed by atoms with van der Waals surface area (Å²) in [5.41, 5.74) is -8.26. The molecule has 1 aromatic rings. The number of phenolic OH excluding ortho intramolecular Hbond substituents is 1. The van der Waals surface area contributed by atoms with Crippen LogP contribution in [-0.2, 0) is 28.5 Å². The highest BCUT2D eigenvalue weighted by Crippen LogP contribution is 2.52. The van der Waals surface area contributed by atoms with Crippen LogP contribution in [0.15, 0.2) is 35.4 Å². The second-order valence-corrected chi connectivity index (χ2v) is 15.4. The Morgan fingerprint density at radius 2 is 1.48 bits per heavy atom. The molecule has 7 rings (SSSR count). The van der Waals surface area contributed by atoms with Crippen molar-refractivity contribution in [1.82, 2.24) is 0 Å². The summed E-state index contributed by atoms with van der Waals surface area (Å²) in [6, 6.07) is 2.68. The predicted octanol–water partition coefficient (Wildman–Crippen LogP) is 0.577. The van der Waals surface area contributed by atoms with E-state index in [-0.39, 0.29) is 41.2 Å². The van der Waals surface area contributed by atoms with Crippen molar-refractivity contribution in [2.75, 3.05) is 0 Å². The Morgan fingerprint density at radius 3 is 2.17 bits per heavy atom. The molecular weight excluding hydrogens is 684 g/mol. The standard InChI is InChI=1S/C37H46O15/c1-15-22(51-27-11-21(38)30(40)16(2)50-27)7-8-26(49-15)52-24-12-23(48-17(3)31(24)41)18-5-6-19-28(32(18)42)33(43)20-9-10-36(46)14-35(4,45)13-25(39)37(36,47)29(20)34(19)44/h5-6,9-10,15-17,21-24,26-27,30-31,38,40-42,45-47H,7-8,11-14H2,1-4H3/t15?,16?,17?,21-,22+,23-,24-,26+,27+,30?,31?,35+,36+,37+/m1/s1. The molecule has 0 amide bonds. The van der Waals surface area contributed by atoms with E-state index in [2.05, 4.69) is 0 Å². The molecule has 0 aromatic heterocycles. The van der Waals surface area contributed by atoms with Gasteiger partial charge in [0, 0.05) is 48.8 Å². The number of fused-ring (bicyclic) bond motifs is 3. The quantitative estimate of drug-likeness (QED) is 0.219.